The average Bonchev–Trinajstić information content (AvgIpc) is 3.18. The average molecular weight is 337 g/mol. The third-order valence-corrected chi connectivity index (χ3v) is 5.94. The molecule has 5 nitrogen and oxygen atoms in total. The Kier molecular flexibility index (Phi) is 5.04. The van der Waals surface area contributed by atoms with Crippen LogP contribution in [0.1, 0.15) is 44.3 Å². The quantitative estimate of drug-likeness (QED) is 0.915. The molecule has 0 bridgehead atoms. The molecule has 2 saturated heterocycles. The number of hydrogen-bond acceptors (Lipinski definition) is 5. The maximum atomic E-state index is 12.4. The highest BCUT2D eigenvalue weighted by Crippen LogP contribution is 2.26. The monoisotopic (exact) mass is 336 g/mol. The predicted molar refractivity (Wildman–Crippen MR) is 93.7 cm³/mol. The Morgan fingerprint density at radius 1 is 1.35 bits per heavy atom. The fourth-order valence-electron chi connectivity index (χ4n) is 3.20. The van der Waals surface area contributed by atoms with Gasteiger partial charge in [0, 0.05) is 43.5 Å². The van der Waals surface area contributed by atoms with Crippen LogP contribution >= 0.6 is 11.3 Å². The van der Waals surface area contributed by atoms with E-state index >= 15 is 0 Å². The molecule has 0 saturated carbocycles. The number of carbonyl (C=O) groups excluding carboxylic acids is 1. The second-order valence-electron chi connectivity index (χ2n) is 7.64. The SMILES string of the molecule is CC(C)(C)c1nc(CN2CCN(C(=O)C3CCCN3)CC2)cs1. The van der Waals surface area contributed by atoms with Gasteiger partial charge in [0.05, 0.1) is 16.7 Å². The summed E-state index contributed by atoms with van der Waals surface area (Å²) >= 11 is 1.76. The van der Waals surface area contributed by atoms with E-state index in [-0.39, 0.29) is 11.5 Å². The third-order valence-electron chi connectivity index (χ3n) is 4.62. The molecule has 3 heterocycles. The number of hydrogen-bond donors (Lipinski definition) is 1. The summed E-state index contributed by atoms with van der Waals surface area (Å²) in [5, 5.41) is 6.69. The van der Waals surface area contributed by atoms with Crippen LogP contribution in [0, 0.1) is 0 Å². The lowest BCUT2D eigenvalue weighted by Gasteiger charge is -2.35. The van der Waals surface area contributed by atoms with Gasteiger partial charge in [-0.25, -0.2) is 4.98 Å². The fourth-order valence-corrected chi connectivity index (χ4v) is 4.09. The molecule has 1 unspecified atom stereocenters. The summed E-state index contributed by atoms with van der Waals surface area (Å²) in [5.74, 6) is 0.297. The van der Waals surface area contributed by atoms with Crippen molar-refractivity contribution < 1.29 is 4.79 Å². The molecular weight excluding hydrogens is 308 g/mol. The zero-order valence-electron chi connectivity index (χ0n) is 14.5. The van der Waals surface area contributed by atoms with Crippen LogP contribution in [0.25, 0.3) is 0 Å². The van der Waals surface area contributed by atoms with Gasteiger partial charge in [-0.15, -0.1) is 11.3 Å². The number of thiazole rings is 1. The van der Waals surface area contributed by atoms with Crippen molar-refractivity contribution in [3.8, 4) is 0 Å². The van der Waals surface area contributed by atoms with Crippen molar-refractivity contribution in [2.75, 3.05) is 32.7 Å². The summed E-state index contributed by atoms with van der Waals surface area (Å²) in [5.41, 5.74) is 1.29. The first kappa shape index (κ1) is 16.9. The minimum atomic E-state index is 0.0643. The highest BCUT2D eigenvalue weighted by molar-refractivity contribution is 7.09. The van der Waals surface area contributed by atoms with Crippen LogP contribution in [0.4, 0.5) is 0 Å². The second kappa shape index (κ2) is 6.87. The lowest BCUT2D eigenvalue weighted by molar-refractivity contribution is -0.134. The molecule has 1 amide bonds. The molecule has 0 aromatic carbocycles. The summed E-state index contributed by atoms with van der Waals surface area (Å²) in [6, 6.07) is 0.0643. The molecule has 1 aromatic heterocycles. The molecular formula is C17H28N4OS. The van der Waals surface area contributed by atoms with Crippen LogP contribution in [0.15, 0.2) is 5.38 Å². The first-order chi connectivity index (χ1) is 10.9. The van der Waals surface area contributed by atoms with Crippen molar-refractivity contribution in [1.82, 2.24) is 20.1 Å². The van der Waals surface area contributed by atoms with Crippen molar-refractivity contribution >= 4 is 17.2 Å². The molecule has 0 aliphatic carbocycles. The lowest BCUT2D eigenvalue weighted by atomic mass is 9.98. The van der Waals surface area contributed by atoms with E-state index in [2.05, 4.69) is 36.4 Å². The second-order valence-corrected chi connectivity index (χ2v) is 8.50. The summed E-state index contributed by atoms with van der Waals surface area (Å²) in [7, 11) is 0. The Balaban J connectivity index is 1.49. The number of aromatic nitrogens is 1. The van der Waals surface area contributed by atoms with E-state index in [9.17, 15) is 4.79 Å². The summed E-state index contributed by atoms with van der Waals surface area (Å²) in [6.45, 7) is 12.1. The van der Waals surface area contributed by atoms with E-state index in [0.29, 0.717) is 5.91 Å². The summed E-state index contributed by atoms with van der Waals surface area (Å²) in [4.78, 5) is 21.6. The van der Waals surface area contributed by atoms with Gasteiger partial charge >= 0.3 is 0 Å². The molecule has 1 atom stereocenters. The Hall–Kier alpha value is -0.980. The standard InChI is InChI=1S/C17H28N4OS/c1-17(2,3)16-19-13(12-23-16)11-20-7-9-21(10-8-20)15(22)14-5-4-6-18-14/h12,14,18H,4-11H2,1-3H3. The molecule has 1 N–H and O–H groups in total. The van der Waals surface area contributed by atoms with Crippen molar-refractivity contribution in [1.29, 1.82) is 0 Å². The summed E-state index contributed by atoms with van der Waals surface area (Å²) in [6.07, 6.45) is 2.11. The largest absolute Gasteiger partial charge is 0.339 e. The van der Waals surface area contributed by atoms with Gasteiger partial charge in [-0.2, -0.15) is 0 Å². The molecule has 2 aliphatic rings. The van der Waals surface area contributed by atoms with E-state index in [4.69, 9.17) is 4.98 Å². The molecule has 2 fully saturated rings. The summed E-state index contributed by atoms with van der Waals surface area (Å²) < 4.78 is 0. The molecule has 0 radical (unpaired) electrons. The minimum Gasteiger partial charge on any atom is -0.339 e. The maximum absolute atomic E-state index is 12.4. The Labute approximate surface area is 143 Å². The van der Waals surface area contributed by atoms with Crippen LogP contribution in [-0.4, -0.2) is 59.5 Å². The number of nitrogens with zero attached hydrogens (tertiary/aromatic N) is 3. The number of piperazine rings is 1. The smallest absolute Gasteiger partial charge is 0.239 e. The van der Waals surface area contributed by atoms with Gasteiger partial charge in [-0.1, -0.05) is 20.8 Å². The van der Waals surface area contributed by atoms with Crippen LogP contribution < -0.4 is 5.32 Å². The normalized spacial score (nSPS) is 23.4. The van der Waals surface area contributed by atoms with Gasteiger partial charge in [-0.3, -0.25) is 9.69 Å². The first-order valence-electron chi connectivity index (χ1n) is 8.63. The van der Waals surface area contributed by atoms with E-state index < -0.39 is 0 Å². The number of nitrogens with one attached hydrogen (secondary N) is 1. The van der Waals surface area contributed by atoms with E-state index in [1.807, 2.05) is 4.90 Å². The Morgan fingerprint density at radius 3 is 2.65 bits per heavy atom. The van der Waals surface area contributed by atoms with Gasteiger partial charge in [-0.05, 0) is 19.4 Å². The first-order valence-corrected chi connectivity index (χ1v) is 9.51. The Bertz CT molecular complexity index is 537. The third kappa shape index (κ3) is 4.11. The minimum absolute atomic E-state index is 0.0643. The molecule has 0 spiro atoms. The Morgan fingerprint density at radius 2 is 2.09 bits per heavy atom. The zero-order valence-corrected chi connectivity index (χ0v) is 15.3. The number of carbonyl (C=O) groups is 1. The highest BCUT2D eigenvalue weighted by Gasteiger charge is 2.29. The van der Waals surface area contributed by atoms with Crippen LogP contribution in [-0.2, 0) is 16.8 Å². The lowest BCUT2D eigenvalue weighted by Crippen LogP contribution is -2.52. The molecule has 23 heavy (non-hydrogen) atoms. The molecule has 2 aliphatic heterocycles. The van der Waals surface area contributed by atoms with Crippen LogP contribution in [0.5, 0.6) is 0 Å². The molecule has 128 valence electrons. The van der Waals surface area contributed by atoms with E-state index in [1.54, 1.807) is 11.3 Å². The van der Waals surface area contributed by atoms with E-state index in [1.165, 1.54) is 5.01 Å². The van der Waals surface area contributed by atoms with Gasteiger partial charge in [0.25, 0.3) is 0 Å². The molecule has 6 heteroatoms. The van der Waals surface area contributed by atoms with Crippen molar-refractivity contribution in [2.24, 2.45) is 0 Å². The highest BCUT2D eigenvalue weighted by atomic mass is 32.1. The van der Waals surface area contributed by atoms with Gasteiger partial charge < -0.3 is 10.2 Å². The predicted octanol–water partition coefficient (Wildman–Crippen LogP) is 1.84. The number of amides is 1. The molecule has 1 aromatic rings. The fraction of sp³-hybridized carbons (Fsp3) is 0.765. The van der Waals surface area contributed by atoms with Crippen molar-refractivity contribution in [2.45, 2.75) is 51.6 Å². The van der Waals surface area contributed by atoms with Crippen LogP contribution in [0.2, 0.25) is 0 Å². The van der Waals surface area contributed by atoms with E-state index in [0.717, 1.165) is 57.8 Å². The van der Waals surface area contributed by atoms with Crippen molar-refractivity contribution in [3.05, 3.63) is 16.1 Å². The zero-order chi connectivity index (χ0) is 16.4. The maximum Gasteiger partial charge on any atom is 0.239 e. The number of rotatable bonds is 3. The van der Waals surface area contributed by atoms with Gasteiger partial charge in [0.2, 0.25) is 5.91 Å². The topological polar surface area (TPSA) is 48.5 Å². The van der Waals surface area contributed by atoms with Gasteiger partial charge in [0.1, 0.15) is 0 Å². The molecule has 3 rings (SSSR count). The van der Waals surface area contributed by atoms with Crippen LogP contribution in [0.3, 0.4) is 0 Å². The van der Waals surface area contributed by atoms with Gasteiger partial charge in [0.15, 0.2) is 0 Å². The van der Waals surface area contributed by atoms with Crippen molar-refractivity contribution in [3.63, 3.8) is 0 Å².